The van der Waals surface area contributed by atoms with Crippen molar-refractivity contribution >= 4 is 0 Å². The molecule has 1 aliphatic rings. The third kappa shape index (κ3) is 3.61. The first-order valence-electron chi connectivity index (χ1n) is 5.63. The van der Waals surface area contributed by atoms with E-state index in [4.69, 9.17) is 4.74 Å². The van der Waals surface area contributed by atoms with Crippen molar-refractivity contribution in [1.29, 1.82) is 0 Å². The van der Waals surface area contributed by atoms with E-state index in [0.29, 0.717) is 12.5 Å². The van der Waals surface area contributed by atoms with E-state index < -0.39 is 0 Å². The fraction of sp³-hybridized carbons (Fsp3) is 0.583. The minimum Gasteiger partial charge on any atom is -0.375 e. The minimum absolute atomic E-state index is 0.636. The summed E-state index contributed by atoms with van der Waals surface area (Å²) in [4.78, 5) is 4.22. The SMILES string of the molecule is c1ccc(COCC2CCCNC2)nc1. The largest absolute Gasteiger partial charge is 0.375 e. The van der Waals surface area contributed by atoms with Crippen molar-refractivity contribution in [2.24, 2.45) is 5.92 Å². The Morgan fingerprint density at radius 1 is 1.47 bits per heavy atom. The van der Waals surface area contributed by atoms with Gasteiger partial charge in [-0.3, -0.25) is 4.98 Å². The summed E-state index contributed by atoms with van der Waals surface area (Å²) in [5, 5.41) is 3.39. The van der Waals surface area contributed by atoms with Crippen molar-refractivity contribution in [3.05, 3.63) is 30.1 Å². The summed E-state index contributed by atoms with van der Waals surface area (Å²) in [6.07, 6.45) is 4.37. The zero-order valence-electron chi connectivity index (χ0n) is 8.98. The maximum absolute atomic E-state index is 5.66. The first-order valence-corrected chi connectivity index (χ1v) is 5.63. The van der Waals surface area contributed by atoms with Crippen LogP contribution in [0.3, 0.4) is 0 Å². The van der Waals surface area contributed by atoms with Crippen molar-refractivity contribution in [2.75, 3.05) is 19.7 Å². The van der Waals surface area contributed by atoms with Gasteiger partial charge in [-0.1, -0.05) is 6.07 Å². The van der Waals surface area contributed by atoms with Crippen LogP contribution in [0.5, 0.6) is 0 Å². The Morgan fingerprint density at radius 3 is 3.20 bits per heavy atom. The van der Waals surface area contributed by atoms with Crippen LogP contribution < -0.4 is 5.32 Å². The van der Waals surface area contributed by atoms with Gasteiger partial charge in [0.05, 0.1) is 18.9 Å². The summed E-state index contributed by atoms with van der Waals surface area (Å²) in [6, 6.07) is 5.92. The number of nitrogens with zero attached hydrogens (tertiary/aromatic N) is 1. The third-order valence-corrected chi connectivity index (χ3v) is 2.73. The van der Waals surface area contributed by atoms with Gasteiger partial charge in [-0.2, -0.15) is 0 Å². The molecule has 1 aromatic heterocycles. The summed E-state index contributed by atoms with van der Waals surface area (Å²) in [5.41, 5.74) is 1.02. The molecule has 0 spiro atoms. The van der Waals surface area contributed by atoms with Crippen molar-refractivity contribution < 1.29 is 4.74 Å². The van der Waals surface area contributed by atoms with Crippen LogP contribution in [-0.2, 0) is 11.3 Å². The fourth-order valence-electron chi connectivity index (χ4n) is 1.88. The quantitative estimate of drug-likeness (QED) is 0.812. The Morgan fingerprint density at radius 2 is 2.47 bits per heavy atom. The van der Waals surface area contributed by atoms with Crippen LogP contribution in [0.4, 0.5) is 0 Å². The maximum Gasteiger partial charge on any atom is 0.0887 e. The van der Waals surface area contributed by atoms with E-state index in [0.717, 1.165) is 25.4 Å². The number of hydrogen-bond acceptors (Lipinski definition) is 3. The second kappa shape index (κ2) is 5.83. The molecule has 2 rings (SSSR count). The monoisotopic (exact) mass is 206 g/mol. The third-order valence-electron chi connectivity index (χ3n) is 2.73. The summed E-state index contributed by atoms with van der Waals surface area (Å²) in [6.45, 7) is 3.75. The molecule has 1 aliphatic heterocycles. The number of ether oxygens (including phenoxy) is 1. The van der Waals surface area contributed by atoms with Crippen LogP contribution in [0.1, 0.15) is 18.5 Å². The van der Waals surface area contributed by atoms with E-state index in [2.05, 4.69) is 10.3 Å². The second-order valence-electron chi connectivity index (χ2n) is 4.05. The van der Waals surface area contributed by atoms with Gasteiger partial charge in [0.1, 0.15) is 0 Å². The molecule has 0 bridgehead atoms. The van der Waals surface area contributed by atoms with Crippen LogP contribution in [-0.4, -0.2) is 24.7 Å². The van der Waals surface area contributed by atoms with Crippen LogP contribution >= 0.6 is 0 Å². The average molecular weight is 206 g/mol. The standard InChI is InChI=1S/C12H18N2O/c1-2-7-14-12(5-1)10-15-9-11-4-3-6-13-8-11/h1-2,5,7,11,13H,3-4,6,8-10H2. The summed E-state index contributed by atoms with van der Waals surface area (Å²) < 4.78 is 5.66. The molecule has 0 amide bonds. The molecule has 3 nitrogen and oxygen atoms in total. The second-order valence-corrected chi connectivity index (χ2v) is 4.05. The topological polar surface area (TPSA) is 34.1 Å². The van der Waals surface area contributed by atoms with Gasteiger partial charge >= 0.3 is 0 Å². The summed E-state index contributed by atoms with van der Waals surface area (Å²) in [7, 11) is 0. The molecule has 0 saturated carbocycles. The molecular formula is C12H18N2O. The molecule has 1 N–H and O–H groups in total. The maximum atomic E-state index is 5.66. The van der Waals surface area contributed by atoms with E-state index >= 15 is 0 Å². The highest BCUT2D eigenvalue weighted by molar-refractivity contribution is 5.01. The first kappa shape index (κ1) is 10.6. The normalized spacial score (nSPS) is 21.5. The Balaban J connectivity index is 1.66. The van der Waals surface area contributed by atoms with Gasteiger partial charge < -0.3 is 10.1 Å². The Bertz CT molecular complexity index is 270. The zero-order chi connectivity index (χ0) is 10.3. The number of aromatic nitrogens is 1. The van der Waals surface area contributed by atoms with Gasteiger partial charge in [0.2, 0.25) is 0 Å². The van der Waals surface area contributed by atoms with Crippen molar-refractivity contribution in [2.45, 2.75) is 19.4 Å². The lowest BCUT2D eigenvalue weighted by Crippen LogP contribution is -2.32. The molecule has 1 fully saturated rings. The smallest absolute Gasteiger partial charge is 0.0887 e. The van der Waals surface area contributed by atoms with Crippen molar-refractivity contribution in [3.63, 3.8) is 0 Å². The van der Waals surface area contributed by atoms with Crippen LogP contribution in [0, 0.1) is 5.92 Å². The van der Waals surface area contributed by atoms with Gasteiger partial charge in [0, 0.05) is 12.7 Å². The number of rotatable bonds is 4. The molecule has 1 unspecified atom stereocenters. The van der Waals surface area contributed by atoms with E-state index in [1.54, 1.807) is 6.20 Å². The predicted octanol–water partition coefficient (Wildman–Crippen LogP) is 1.60. The molecule has 0 aliphatic carbocycles. The van der Waals surface area contributed by atoms with Crippen molar-refractivity contribution in [3.8, 4) is 0 Å². The van der Waals surface area contributed by atoms with Gasteiger partial charge in [0.15, 0.2) is 0 Å². The number of hydrogen-bond donors (Lipinski definition) is 1. The lowest BCUT2D eigenvalue weighted by atomic mass is 10.0. The molecule has 1 aromatic rings. The van der Waals surface area contributed by atoms with E-state index in [9.17, 15) is 0 Å². The molecule has 1 saturated heterocycles. The molecule has 1 atom stereocenters. The molecule has 0 radical (unpaired) electrons. The molecular weight excluding hydrogens is 188 g/mol. The van der Waals surface area contributed by atoms with E-state index in [1.165, 1.54) is 12.8 Å². The molecule has 82 valence electrons. The van der Waals surface area contributed by atoms with E-state index in [1.807, 2.05) is 18.2 Å². The number of pyridine rings is 1. The minimum atomic E-state index is 0.636. The number of piperidine rings is 1. The summed E-state index contributed by atoms with van der Waals surface area (Å²) in [5.74, 6) is 0.683. The summed E-state index contributed by atoms with van der Waals surface area (Å²) >= 11 is 0. The predicted molar refractivity (Wildman–Crippen MR) is 59.5 cm³/mol. The fourth-order valence-corrected chi connectivity index (χ4v) is 1.88. The van der Waals surface area contributed by atoms with Crippen molar-refractivity contribution in [1.82, 2.24) is 10.3 Å². The lowest BCUT2D eigenvalue weighted by molar-refractivity contribution is 0.0763. The highest BCUT2D eigenvalue weighted by Crippen LogP contribution is 2.10. The Labute approximate surface area is 90.9 Å². The first-order chi connectivity index (χ1) is 7.45. The number of nitrogens with one attached hydrogen (secondary N) is 1. The van der Waals surface area contributed by atoms with E-state index in [-0.39, 0.29) is 0 Å². The van der Waals surface area contributed by atoms with Crippen LogP contribution in [0.2, 0.25) is 0 Å². The molecule has 0 aromatic carbocycles. The van der Waals surface area contributed by atoms with Gasteiger partial charge in [-0.05, 0) is 37.4 Å². The Hall–Kier alpha value is -0.930. The highest BCUT2D eigenvalue weighted by Gasteiger charge is 2.12. The zero-order valence-corrected chi connectivity index (χ0v) is 8.98. The van der Waals surface area contributed by atoms with Crippen LogP contribution in [0.25, 0.3) is 0 Å². The highest BCUT2D eigenvalue weighted by atomic mass is 16.5. The van der Waals surface area contributed by atoms with Gasteiger partial charge in [-0.15, -0.1) is 0 Å². The van der Waals surface area contributed by atoms with Gasteiger partial charge in [0.25, 0.3) is 0 Å². The lowest BCUT2D eigenvalue weighted by Gasteiger charge is -2.22. The average Bonchev–Trinajstić information content (AvgIpc) is 2.32. The molecule has 15 heavy (non-hydrogen) atoms. The molecule has 2 heterocycles. The van der Waals surface area contributed by atoms with Gasteiger partial charge in [-0.25, -0.2) is 0 Å². The Kier molecular flexibility index (Phi) is 4.11. The molecule has 3 heteroatoms. The van der Waals surface area contributed by atoms with Crippen LogP contribution in [0.15, 0.2) is 24.4 Å².